The fourth-order valence-corrected chi connectivity index (χ4v) is 3.12. The minimum atomic E-state index is -0.0219. The average molecular weight is 329 g/mol. The first-order valence-corrected chi connectivity index (χ1v) is 9.10. The van der Waals surface area contributed by atoms with Crippen molar-refractivity contribution in [3.63, 3.8) is 0 Å². The van der Waals surface area contributed by atoms with Crippen molar-refractivity contribution >= 4 is 5.91 Å². The van der Waals surface area contributed by atoms with E-state index in [0.29, 0.717) is 6.54 Å². The quantitative estimate of drug-likeness (QED) is 0.824. The molecule has 0 bridgehead atoms. The lowest BCUT2D eigenvalue weighted by molar-refractivity contribution is -0.116. The molecule has 1 N–H and O–H groups in total. The van der Waals surface area contributed by atoms with Gasteiger partial charge in [-0.05, 0) is 47.9 Å². The van der Waals surface area contributed by atoms with Crippen LogP contribution in [-0.2, 0) is 17.9 Å². The van der Waals surface area contributed by atoms with E-state index in [0.717, 1.165) is 12.5 Å². The van der Waals surface area contributed by atoms with Gasteiger partial charge < -0.3 is 5.32 Å². The van der Waals surface area contributed by atoms with Gasteiger partial charge in [0.2, 0.25) is 5.91 Å². The van der Waals surface area contributed by atoms with Crippen LogP contribution in [0.15, 0.2) is 36.4 Å². The molecule has 1 amide bonds. The van der Waals surface area contributed by atoms with Crippen molar-refractivity contribution in [2.24, 2.45) is 11.3 Å². The number of allylic oxidation sites excluding steroid dienone is 1. The van der Waals surface area contributed by atoms with E-state index in [1.165, 1.54) is 37.1 Å². The molecule has 1 aliphatic heterocycles. The molecule has 1 unspecified atom stereocenters. The van der Waals surface area contributed by atoms with Crippen LogP contribution in [-0.4, -0.2) is 23.9 Å². The summed E-state index contributed by atoms with van der Waals surface area (Å²) >= 11 is 0. The van der Waals surface area contributed by atoms with Crippen molar-refractivity contribution < 1.29 is 4.79 Å². The number of nitrogens with zero attached hydrogens (tertiary/aromatic N) is 1. The van der Waals surface area contributed by atoms with Gasteiger partial charge in [0.05, 0.1) is 0 Å². The summed E-state index contributed by atoms with van der Waals surface area (Å²) in [5.41, 5.74) is 2.57. The summed E-state index contributed by atoms with van der Waals surface area (Å²) in [5, 5.41) is 3.01. The maximum absolute atomic E-state index is 12.0. The molecule has 1 atom stereocenters. The highest BCUT2D eigenvalue weighted by molar-refractivity contribution is 5.87. The number of carbonyl (C=O) groups excluding carboxylic acids is 1. The number of hydrogen-bond acceptors (Lipinski definition) is 2. The molecule has 132 valence electrons. The fraction of sp³-hybridized carbons (Fsp3) is 0.571. The topological polar surface area (TPSA) is 32.3 Å². The number of hydrogen-bond donors (Lipinski definition) is 1. The standard InChI is InChI=1S/C21H32N2O/c1-17-8-7-13-23(15-17)16-19-10-6-5-9-18(19)14-22-20(24)11-12-21(2,3)4/h5-6,9-12,17H,7-8,13-16H2,1-4H3,(H,22,24)/b12-11+. The van der Waals surface area contributed by atoms with Crippen molar-refractivity contribution in [1.82, 2.24) is 10.2 Å². The number of nitrogens with one attached hydrogen (secondary N) is 1. The van der Waals surface area contributed by atoms with Crippen molar-refractivity contribution in [1.29, 1.82) is 0 Å². The van der Waals surface area contributed by atoms with Crippen molar-refractivity contribution in [3.8, 4) is 0 Å². The average Bonchev–Trinajstić information content (AvgIpc) is 2.51. The van der Waals surface area contributed by atoms with Crippen LogP contribution in [0.5, 0.6) is 0 Å². The Labute approximate surface area is 147 Å². The number of likely N-dealkylation sites (tertiary alicyclic amines) is 1. The normalized spacial score (nSPS) is 19.6. The first kappa shape index (κ1) is 18.7. The lowest BCUT2D eigenvalue weighted by Crippen LogP contribution is -2.34. The van der Waals surface area contributed by atoms with Gasteiger partial charge in [-0.3, -0.25) is 9.69 Å². The van der Waals surface area contributed by atoms with Crippen LogP contribution in [0.3, 0.4) is 0 Å². The zero-order valence-corrected chi connectivity index (χ0v) is 15.6. The molecule has 1 aromatic carbocycles. The second kappa shape index (κ2) is 8.48. The summed E-state index contributed by atoms with van der Waals surface area (Å²) < 4.78 is 0. The fourth-order valence-electron chi connectivity index (χ4n) is 3.12. The van der Waals surface area contributed by atoms with Crippen LogP contribution in [0, 0.1) is 11.3 Å². The van der Waals surface area contributed by atoms with Gasteiger partial charge in [0.25, 0.3) is 0 Å². The Balaban J connectivity index is 1.93. The van der Waals surface area contributed by atoms with Gasteiger partial charge in [0.1, 0.15) is 0 Å². The van der Waals surface area contributed by atoms with Gasteiger partial charge in [-0.2, -0.15) is 0 Å². The molecule has 1 saturated heterocycles. The molecule has 0 aromatic heterocycles. The third kappa shape index (κ3) is 6.48. The van der Waals surface area contributed by atoms with Gasteiger partial charge in [-0.25, -0.2) is 0 Å². The van der Waals surface area contributed by atoms with E-state index >= 15 is 0 Å². The van der Waals surface area contributed by atoms with E-state index in [1.807, 2.05) is 6.08 Å². The highest BCUT2D eigenvalue weighted by Crippen LogP contribution is 2.19. The summed E-state index contributed by atoms with van der Waals surface area (Å²) in [6.07, 6.45) is 6.23. The second-order valence-corrected chi connectivity index (χ2v) is 8.17. The SMILES string of the molecule is CC1CCCN(Cc2ccccc2CNC(=O)/C=C/C(C)(C)C)C1. The summed E-state index contributed by atoms with van der Waals surface area (Å²) in [6, 6.07) is 8.45. The highest BCUT2D eigenvalue weighted by atomic mass is 16.1. The number of amides is 1. The summed E-state index contributed by atoms with van der Waals surface area (Å²) in [5.74, 6) is 0.763. The first-order chi connectivity index (χ1) is 11.3. The molecule has 0 saturated carbocycles. The molecule has 0 radical (unpaired) electrons. The minimum Gasteiger partial charge on any atom is -0.348 e. The Kier molecular flexibility index (Phi) is 6.61. The summed E-state index contributed by atoms with van der Waals surface area (Å²) in [7, 11) is 0. The maximum atomic E-state index is 12.0. The number of piperidine rings is 1. The number of carbonyl (C=O) groups is 1. The molecule has 1 aliphatic rings. The third-order valence-corrected chi connectivity index (χ3v) is 4.44. The van der Waals surface area contributed by atoms with Gasteiger partial charge in [0, 0.05) is 19.6 Å². The van der Waals surface area contributed by atoms with Gasteiger partial charge >= 0.3 is 0 Å². The van der Waals surface area contributed by atoms with Crippen molar-refractivity contribution in [2.45, 2.75) is 53.6 Å². The molecule has 2 rings (SSSR count). The Morgan fingerprint density at radius 1 is 1.29 bits per heavy atom. The van der Waals surface area contributed by atoms with Crippen LogP contribution >= 0.6 is 0 Å². The molecule has 1 heterocycles. The maximum Gasteiger partial charge on any atom is 0.243 e. The van der Waals surface area contributed by atoms with Gasteiger partial charge in [-0.1, -0.05) is 58.0 Å². The lowest BCUT2D eigenvalue weighted by atomic mass is 9.96. The minimum absolute atomic E-state index is 0.0219. The monoisotopic (exact) mass is 328 g/mol. The molecule has 1 fully saturated rings. The zero-order chi connectivity index (χ0) is 17.6. The molecule has 3 heteroatoms. The van der Waals surface area contributed by atoms with E-state index in [-0.39, 0.29) is 11.3 Å². The Morgan fingerprint density at radius 3 is 2.67 bits per heavy atom. The van der Waals surface area contributed by atoms with Crippen molar-refractivity contribution in [2.75, 3.05) is 13.1 Å². The van der Waals surface area contributed by atoms with E-state index in [2.05, 4.69) is 62.2 Å². The molecular formula is C21H32N2O. The Bertz CT molecular complexity index is 571. The van der Waals surface area contributed by atoms with Crippen molar-refractivity contribution in [3.05, 3.63) is 47.5 Å². The molecule has 0 spiro atoms. The number of benzene rings is 1. The Hall–Kier alpha value is -1.61. The first-order valence-electron chi connectivity index (χ1n) is 9.10. The molecular weight excluding hydrogens is 296 g/mol. The zero-order valence-electron chi connectivity index (χ0n) is 15.6. The van der Waals surface area contributed by atoms with Crippen LogP contribution < -0.4 is 5.32 Å². The summed E-state index contributed by atoms with van der Waals surface area (Å²) in [6.45, 7) is 12.5. The van der Waals surface area contributed by atoms with Crippen LogP contribution in [0.25, 0.3) is 0 Å². The summed E-state index contributed by atoms with van der Waals surface area (Å²) in [4.78, 5) is 14.5. The van der Waals surface area contributed by atoms with Gasteiger partial charge in [0.15, 0.2) is 0 Å². The van der Waals surface area contributed by atoms with E-state index < -0.39 is 0 Å². The molecule has 3 nitrogen and oxygen atoms in total. The van der Waals surface area contributed by atoms with Crippen LogP contribution in [0.2, 0.25) is 0 Å². The smallest absolute Gasteiger partial charge is 0.243 e. The largest absolute Gasteiger partial charge is 0.348 e. The third-order valence-electron chi connectivity index (χ3n) is 4.44. The molecule has 24 heavy (non-hydrogen) atoms. The predicted molar refractivity (Wildman–Crippen MR) is 101 cm³/mol. The molecule has 1 aromatic rings. The number of rotatable bonds is 5. The highest BCUT2D eigenvalue weighted by Gasteiger charge is 2.17. The van der Waals surface area contributed by atoms with E-state index in [4.69, 9.17) is 0 Å². The molecule has 0 aliphatic carbocycles. The van der Waals surface area contributed by atoms with Gasteiger partial charge in [-0.15, -0.1) is 0 Å². The van der Waals surface area contributed by atoms with Crippen LogP contribution in [0.1, 0.15) is 51.7 Å². The predicted octanol–water partition coefficient (Wildman–Crippen LogP) is 4.14. The van der Waals surface area contributed by atoms with E-state index in [1.54, 1.807) is 6.08 Å². The second-order valence-electron chi connectivity index (χ2n) is 8.17. The Morgan fingerprint density at radius 2 is 2.00 bits per heavy atom. The lowest BCUT2D eigenvalue weighted by Gasteiger charge is -2.31. The van der Waals surface area contributed by atoms with Crippen LogP contribution in [0.4, 0.5) is 0 Å². The van der Waals surface area contributed by atoms with E-state index in [9.17, 15) is 4.79 Å².